The van der Waals surface area contributed by atoms with Gasteiger partial charge in [-0.15, -0.1) is 23.1 Å². The number of nitrogens with zero attached hydrogens (tertiary/aromatic N) is 1. The summed E-state index contributed by atoms with van der Waals surface area (Å²) >= 11 is 2.71. The normalized spacial score (nSPS) is 11.5. The van der Waals surface area contributed by atoms with Crippen molar-refractivity contribution in [3.63, 3.8) is 0 Å². The van der Waals surface area contributed by atoms with Gasteiger partial charge in [0.2, 0.25) is 5.91 Å². The molecule has 284 valence electrons. The fourth-order valence-corrected chi connectivity index (χ4v) is 7.26. The van der Waals surface area contributed by atoms with Crippen molar-refractivity contribution in [2.24, 2.45) is 0 Å². The van der Waals surface area contributed by atoms with E-state index in [9.17, 15) is 14.4 Å². The number of rotatable bonds is 15. The first-order valence-electron chi connectivity index (χ1n) is 17.2. The van der Waals surface area contributed by atoms with Gasteiger partial charge in [0, 0.05) is 38.7 Å². The molecular weight excluding hydrogens is 749 g/mol. The molecule has 0 aliphatic rings. The van der Waals surface area contributed by atoms with Crippen LogP contribution in [0.2, 0.25) is 0 Å². The maximum absolute atomic E-state index is 13.8. The Balaban J connectivity index is 1.20. The van der Waals surface area contributed by atoms with Crippen molar-refractivity contribution in [1.29, 1.82) is 0 Å². The molecule has 0 radical (unpaired) electrons. The topological polar surface area (TPSA) is 137 Å². The zero-order valence-electron chi connectivity index (χ0n) is 30.9. The third-order valence-electron chi connectivity index (χ3n) is 8.39. The lowest BCUT2D eigenvalue weighted by Gasteiger charge is -2.17. The number of thioether (sulfide) groups is 1. The van der Waals surface area contributed by atoms with Crippen LogP contribution >= 0.6 is 23.1 Å². The van der Waals surface area contributed by atoms with Gasteiger partial charge in [-0.3, -0.25) is 14.4 Å². The number of methoxy groups -OCH3 is 4. The predicted octanol–water partition coefficient (Wildman–Crippen LogP) is 8.73. The average Bonchev–Trinajstić information content (AvgIpc) is 3.71. The summed E-state index contributed by atoms with van der Waals surface area (Å²) in [4.78, 5) is 46.3. The number of amides is 3. The number of thiazole rings is 1. The summed E-state index contributed by atoms with van der Waals surface area (Å²) in [6, 6.07) is 36.0. The maximum atomic E-state index is 13.8. The molecule has 0 aliphatic carbocycles. The van der Waals surface area contributed by atoms with E-state index in [1.165, 1.54) is 50.5 Å². The molecule has 0 saturated carbocycles. The quantitative estimate of drug-likeness (QED) is 0.0690. The zero-order valence-corrected chi connectivity index (χ0v) is 32.5. The van der Waals surface area contributed by atoms with Gasteiger partial charge in [0.15, 0.2) is 16.6 Å². The summed E-state index contributed by atoms with van der Waals surface area (Å²) in [5.74, 6) is 0.707. The van der Waals surface area contributed by atoms with E-state index in [4.69, 9.17) is 18.9 Å². The van der Waals surface area contributed by atoms with Crippen LogP contribution in [0.15, 0.2) is 137 Å². The molecular formula is C43H38N4O7S2. The lowest BCUT2D eigenvalue weighted by molar-refractivity contribution is -0.116. The Labute approximate surface area is 332 Å². The van der Waals surface area contributed by atoms with Crippen LogP contribution in [0, 0.1) is 0 Å². The molecule has 1 atom stereocenters. The molecule has 1 unspecified atom stereocenters. The lowest BCUT2D eigenvalue weighted by atomic mass is 10.1. The van der Waals surface area contributed by atoms with Crippen LogP contribution in [0.1, 0.15) is 26.7 Å². The summed E-state index contributed by atoms with van der Waals surface area (Å²) in [5.41, 5.74) is 3.73. The molecule has 56 heavy (non-hydrogen) atoms. The van der Waals surface area contributed by atoms with Crippen molar-refractivity contribution in [3.05, 3.63) is 149 Å². The van der Waals surface area contributed by atoms with E-state index in [1.54, 1.807) is 61.7 Å². The standard InChI is InChI=1S/C43H38N4O7S2/c1-51-32-19-15-27(16-20-32)35-26-55-43(46-35)47-42(50)39(28-11-7-5-8-12-28)56-33-21-17-31(18-22-33)44-41(49)34(45-40(48)29-13-9-6-10-14-29)23-30-24-37(53-3)38(54-4)25-36(30)52-2/h5-26,39H,1-4H3,(H,44,49)(H,45,48)(H,46,47,50)/b34-23-. The van der Waals surface area contributed by atoms with Gasteiger partial charge in [-0.2, -0.15) is 0 Å². The second-order valence-electron chi connectivity index (χ2n) is 12.0. The first kappa shape index (κ1) is 39.1. The van der Waals surface area contributed by atoms with E-state index in [-0.39, 0.29) is 11.6 Å². The average molecular weight is 787 g/mol. The van der Waals surface area contributed by atoms with Crippen molar-refractivity contribution >= 4 is 57.7 Å². The van der Waals surface area contributed by atoms with Gasteiger partial charge in [0.05, 0.1) is 34.1 Å². The number of carbonyl (C=O) groups is 3. The van der Waals surface area contributed by atoms with Gasteiger partial charge in [-0.25, -0.2) is 4.98 Å². The summed E-state index contributed by atoms with van der Waals surface area (Å²) in [6.07, 6.45) is 1.51. The van der Waals surface area contributed by atoms with Crippen LogP contribution in [0.3, 0.4) is 0 Å². The summed E-state index contributed by atoms with van der Waals surface area (Å²) < 4.78 is 21.7. The van der Waals surface area contributed by atoms with Gasteiger partial charge in [0.1, 0.15) is 22.4 Å². The summed E-state index contributed by atoms with van der Waals surface area (Å²) in [5, 5.41) is 10.4. The maximum Gasteiger partial charge on any atom is 0.272 e. The van der Waals surface area contributed by atoms with Gasteiger partial charge < -0.3 is 34.9 Å². The van der Waals surface area contributed by atoms with Gasteiger partial charge in [-0.05, 0) is 78.4 Å². The highest BCUT2D eigenvalue weighted by atomic mass is 32.2. The molecule has 13 heteroatoms. The zero-order chi connectivity index (χ0) is 39.4. The Morgan fingerprint density at radius 3 is 2.00 bits per heavy atom. The first-order valence-corrected chi connectivity index (χ1v) is 19.0. The van der Waals surface area contributed by atoms with E-state index in [0.717, 1.165) is 27.5 Å². The highest BCUT2D eigenvalue weighted by Gasteiger charge is 2.24. The number of hydrogen-bond donors (Lipinski definition) is 3. The summed E-state index contributed by atoms with van der Waals surface area (Å²) in [6.45, 7) is 0. The minimum atomic E-state index is -0.607. The highest BCUT2D eigenvalue weighted by molar-refractivity contribution is 8.00. The number of ether oxygens (including phenoxy) is 4. The molecule has 1 heterocycles. The van der Waals surface area contributed by atoms with Crippen LogP contribution in [0.5, 0.6) is 23.0 Å². The Kier molecular flexibility index (Phi) is 13.0. The van der Waals surface area contributed by atoms with Crippen LogP contribution in [0.25, 0.3) is 17.3 Å². The monoisotopic (exact) mass is 786 g/mol. The van der Waals surface area contributed by atoms with E-state index in [1.807, 2.05) is 72.1 Å². The minimum absolute atomic E-state index is 0.0408. The summed E-state index contributed by atoms with van der Waals surface area (Å²) in [7, 11) is 6.12. The smallest absolute Gasteiger partial charge is 0.272 e. The molecule has 1 aromatic heterocycles. The number of aromatic nitrogens is 1. The molecule has 3 N–H and O–H groups in total. The lowest BCUT2D eigenvalue weighted by Crippen LogP contribution is -2.30. The predicted molar refractivity (Wildman–Crippen MR) is 221 cm³/mol. The second kappa shape index (κ2) is 18.7. The highest BCUT2D eigenvalue weighted by Crippen LogP contribution is 2.38. The van der Waals surface area contributed by atoms with E-state index < -0.39 is 17.1 Å². The van der Waals surface area contributed by atoms with E-state index in [0.29, 0.717) is 39.2 Å². The van der Waals surface area contributed by atoms with Crippen molar-refractivity contribution in [3.8, 4) is 34.3 Å². The van der Waals surface area contributed by atoms with Crippen LogP contribution < -0.4 is 34.9 Å². The van der Waals surface area contributed by atoms with Crippen molar-refractivity contribution in [1.82, 2.24) is 10.3 Å². The molecule has 0 saturated heterocycles. The van der Waals surface area contributed by atoms with Crippen molar-refractivity contribution in [2.75, 3.05) is 39.1 Å². The van der Waals surface area contributed by atoms with Crippen LogP contribution in [-0.2, 0) is 9.59 Å². The SMILES string of the molecule is COc1ccc(-c2csc(NC(=O)C(Sc3ccc(NC(=O)/C(=C/c4cc(OC)c(OC)cc4OC)NC(=O)c4ccccc4)cc3)c3ccccc3)n2)cc1. The molecule has 6 rings (SSSR count). The molecule has 0 aliphatic heterocycles. The number of benzene rings is 5. The fourth-order valence-electron chi connectivity index (χ4n) is 5.51. The largest absolute Gasteiger partial charge is 0.497 e. The Morgan fingerprint density at radius 2 is 1.36 bits per heavy atom. The number of nitrogens with one attached hydrogen (secondary N) is 3. The van der Waals surface area contributed by atoms with Gasteiger partial charge >= 0.3 is 0 Å². The molecule has 0 bridgehead atoms. The number of hydrogen-bond acceptors (Lipinski definition) is 10. The third kappa shape index (κ3) is 9.75. The minimum Gasteiger partial charge on any atom is -0.497 e. The molecule has 11 nitrogen and oxygen atoms in total. The molecule has 3 amide bonds. The third-order valence-corrected chi connectivity index (χ3v) is 10.4. The number of carbonyl (C=O) groups excluding carboxylic acids is 3. The van der Waals surface area contributed by atoms with Crippen LogP contribution in [0.4, 0.5) is 10.8 Å². The molecule has 0 fully saturated rings. The van der Waals surface area contributed by atoms with Crippen molar-refractivity contribution < 1.29 is 33.3 Å². The Morgan fingerprint density at radius 1 is 0.714 bits per heavy atom. The van der Waals surface area contributed by atoms with Crippen LogP contribution in [-0.4, -0.2) is 51.1 Å². The van der Waals surface area contributed by atoms with E-state index in [2.05, 4.69) is 20.9 Å². The Hall–Kier alpha value is -6.57. The fraction of sp³-hybridized carbons (Fsp3) is 0.116. The van der Waals surface area contributed by atoms with Gasteiger partial charge in [0.25, 0.3) is 11.8 Å². The van der Waals surface area contributed by atoms with Gasteiger partial charge in [-0.1, -0.05) is 48.5 Å². The molecule has 0 spiro atoms. The molecule has 6 aromatic rings. The first-order chi connectivity index (χ1) is 27.3. The second-order valence-corrected chi connectivity index (χ2v) is 14.0. The number of anilines is 2. The van der Waals surface area contributed by atoms with Crippen molar-refractivity contribution in [2.45, 2.75) is 10.1 Å². The molecule has 5 aromatic carbocycles. The van der Waals surface area contributed by atoms with E-state index >= 15 is 0 Å². The Bertz CT molecular complexity index is 2320.